The summed E-state index contributed by atoms with van der Waals surface area (Å²) in [4.78, 5) is 43.9. The van der Waals surface area contributed by atoms with E-state index in [1.54, 1.807) is 19.1 Å². The second kappa shape index (κ2) is 11.7. The number of hydrogen-bond donors (Lipinski definition) is 3. The monoisotopic (exact) mass is 564 g/mol. The number of benzene rings is 1. The average Bonchev–Trinajstić information content (AvgIpc) is 3.61. The SMILES string of the molecule is CC(C)n1cc(C(=O)Cc2ccc(Oc3ccnc4[nH]nc(N[C@H](C)CO)c34)c(F)c2)c(=O)n(C2CCCC2)c1=O. The minimum absolute atomic E-state index is 0.0759. The lowest BCUT2D eigenvalue weighted by Crippen LogP contribution is -2.44. The van der Waals surface area contributed by atoms with Crippen molar-refractivity contribution in [1.82, 2.24) is 24.3 Å². The standard InChI is InChI=1S/C29H33FN6O5/c1-16(2)35-14-20(28(39)36(29(35)40)19-6-4-5-7-19)22(38)13-18-8-9-23(21(30)12-18)41-24-10-11-31-26-25(24)27(34-33-26)32-17(3)15-37/h8-12,14,16-17,19,37H,4-7,13,15H2,1-3H3,(H2,31,32,33,34)/t17-/m1/s1. The van der Waals surface area contributed by atoms with Gasteiger partial charge in [-0.05, 0) is 51.3 Å². The summed E-state index contributed by atoms with van der Waals surface area (Å²) in [7, 11) is 0. The Labute approximate surface area is 235 Å². The molecule has 1 atom stereocenters. The van der Waals surface area contributed by atoms with E-state index in [9.17, 15) is 19.5 Å². The molecule has 3 heterocycles. The molecule has 1 saturated carbocycles. The third-order valence-corrected chi connectivity index (χ3v) is 7.35. The molecule has 0 aliphatic heterocycles. The highest BCUT2D eigenvalue weighted by Gasteiger charge is 2.26. The number of pyridine rings is 1. The number of aliphatic hydroxyl groups excluding tert-OH is 1. The van der Waals surface area contributed by atoms with Gasteiger partial charge in [0.05, 0.1) is 12.2 Å². The summed E-state index contributed by atoms with van der Waals surface area (Å²) in [6.07, 6.45) is 5.90. The van der Waals surface area contributed by atoms with E-state index >= 15 is 4.39 Å². The summed E-state index contributed by atoms with van der Waals surface area (Å²) in [6.45, 7) is 5.30. The molecule has 0 bridgehead atoms. The number of rotatable bonds is 10. The molecule has 4 aromatic rings. The normalized spacial score (nSPS) is 14.6. The van der Waals surface area contributed by atoms with Crippen molar-refractivity contribution in [2.24, 2.45) is 0 Å². The van der Waals surface area contributed by atoms with Crippen molar-refractivity contribution >= 4 is 22.6 Å². The first kappa shape index (κ1) is 28.2. The van der Waals surface area contributed by atoms with Crippen LogP contribution >= 0.6 is 0 Å². The third-order valence-electron chi connectivity index (χ3n) is 7.35. The van der Waals surface area contributed by atoms with Crippen LogP contribution in [0.2, 0.25) is 0 Å². The smallest absolute Gasteiger partial charge is 0.331 e. The fourth-order valence-corrected chi connectivity index (χ4v) is 5.16. The summed E-state index contributed by atoms with van der Waals surface area (Å²) in [5.74, 6) is -0.571. The van der Waals surface area contributed by atoms with Gasteiger partial charge in [0.2, 0.25) is 0 Å². The van der Waals surface area contributed by atoms with Gasteiger partial charge in [-0.3, -0.25) is 23.8 Å². The van der Waals surface area contributed by atoms with Crippen LogP contribution in [0.25, 0.3) is 11.0 Å². The fraction of sp³-hybridized carbons (Fsp3) is 0.414. The lowest BCUT2D eigenvalue weighted by molar-refractivity contribution is 0.0989. The van der Waals surface area contributed by atoms with E-state index in [1.165, 1.54) is 33.7 Å². The van der Waals surface area contributed by atoms with Crippen LogP contribution in [0.5, 0.6) is 11.5 Å². The Hall–Kier alpha value is -4.32. The molecule has 1 aliphatic carbocycles. The van der Waals surface area contributed by atoms with Gasteiger partial charge in [0, 0.05) is 43.0 Å². The van der Waals surface area contributed by atoms with Crippen LogP contribution in [-0.2, 0) is 6.42 Å². The van der Waals surface area contributed by atoms with E-state index in [0.29, 0.717) is 28.2 Å². The van der Waals surface area contributed by atoms with E-state index in [-0.39, 0.29) is 42.5 Å². The van der Waals surface area contributed by atoms with E-state index < -0.39 is 22.8 Å². The molecule has 0 saturated heterocycles. The minimum atomic E-state index is -0.697. The molecule has 5 rings (SSSR count). The first-order valence-electron chi connectivity index (χ1n) is 13.8. The second-order valence-corrected chi connectivity index (χ2v) is 10.7. The summed E-state index contributed by atoms with van der Waals surface area (Å²) < 4.78 is 23.7. The number of hydrogen-bond acceptors (Lipinski definition) is 8. The minimum Gasteiger partial charge on any atom is -0.453 e. The van der Waals surface area contributed by atoms with Gasteiger partial charge in [0.25, 0.3) is 5.56 Å². The molecule has 1 fully saturated rings. The average molecular weight is 565 g/mol. The molecule has 0 spiro atoms. The third kappa shape index (κ3) is 5.64. The van der Waals surface area contributed by atoms with E-state index in [2.05, 4.69) is 20.5 Å². The number of ketones is 1. The number of ether oxygens (including phenoxy) is 1. The number of fused-ring (bicyclic) bond motifs is 1. The molecular formula is C29H33FN6O5. The molecule has 11 nitrogen and oxygen atoms in total. The molecule has 12 heteroatoms. The fourth-order valence-electron chi connectivity index (χ4n) is 5.16. The number of halogens is 1. The summed E-state index contributed by atoms with van der Waals surface area (Å²) in [5, 5.41) is 19.9. The quantitative estimate of drug-likeness (QED) is 0.244. The van der Waals surface area contributed by atoms with E-state index in [4.69, 9.17) is 4.74 Å². The number of nitrogens with zero attached hydrogens (tertiary/aromatic N) is 4. The largest absolute Gasteiger partial charge is 0.453 e. The van der Waals surface area contributed by atoms with Crippen LogP contribution in [0.4, 0.5) is 10.2 Å². The first-order valence-corrected chi connectivity index (χ1v) is 13.8. The van der Waals surface area contributed by atoms with Gasteiger partial charge in [0.1, 0.15) is 11.1 Å². The van der Waals surface area contributed by atoms with Crippen molar-refractivity contribution in [3.8, 4) is 11.5 Å². The highest BCUT2D eigenvalue weighted by molar-refractivity contribution is 5.97. The number of carbonyl (C=O) groups excluding carboxylic acids is 1. The summed E-state index contributed by atoms with van der Waals surface area (Å²) >= 11 is 0. The zero-order chi connectivity index (χ0) is 29.3. The number of Topliss-reactive ketones (excluding diaryl/α,β-unsaturated/α-hetero) is 1. The van der Waals surface area contributed by atoms with Gasteiger partial charge in [-0.1, -0.05) is 18.9 Å². The highest BCUT2D eigenvalue weighted by Crippen LogP contribution is 2.34. The lowest BCUT2D eigenvalue weighted by Gasteiger charge is -2.19. The number of aromatic nitrogens is 5. The van der Waals surface area contributed by atoms with Crippen LogP contribution in [0.1, 0.15) is 74.5 Å². The summed E-state index contributed by atoms with van der Waals surface area (Å²) in [5.41, 5.74) is -0.304. The Kier molecular flexibility index (Phi) is 8.02. The van der Waals surface area contributed by atoms with Crippen molar-refractivity contribution < 1.29 is 19.0 Å². The predicted octanol–water partition coefficient (Wildman–Crippen LogP) is 4.13. The van der Waals surface area contributed by atoms with Crippen LogP contribution in [0, 0.1) is 5.82 Å². The zero-order valence-corrected chi connectivity index (χ0v) is 23.2. The maximum atomic E-state index is 15.2. The van der Waals surface area contributed by atoms with Gasteiger partial charge < -0.3 is 15.2 Å². The second-order valence-electron chi connectivity index (χ2n) is 10.7. The molecular weight excluding hydrogens is 531 g/mol. The Morgan fingerprint density at radius 2 is 1.95 bits per heavy atom. The molecule has 0 radical (unpaired) electrons. The number of carbonyl (C=O) groups is 1. The van der Waals surface area contributed by atoms with Crippen molar-refractivity contribution in [3.05, 3.63) is 74.4 Å². The molecule has 0 unspecified atom stereocenters. The van der Waals surface area contributed by atoms with Gasteiger partial charge in [-0.25, -0.2) is 14.2 Å². The van der Waals surface area contributed by atoms with Crippen molar-refractivity contribution in [3.63, 3.8) is 0 Å². The van der Waals surface area contributed by atoms with E-state index in [0.717, 1.165) is 25.7 Å². The van der Waals surface area contributed by atoms with Gasteiger partial charge in [0.15, 0.2) is 28.8 Å². The maximum absolute atomic E-state index is 15.2. The molecule has 41 heavy (non-hydrogen) atoms. The number of nitrogens with one attached hydrogen (secondary N) is 2. The summed E-state index contributed by atoms with van der Waals surface area (Å²) in [6, 6.07) is 4.99. The van der Waals surface area contributed by atoms with Gasteiger partial charge in [-0.2, -0.15) is 5.10 Å². The Balaban J connectivity index is 1.41. The highest BCUT2D eigenvalue weighted by atomic mass is 19.1. The number of aliphatic hydroxyl groups is 1. The Morgan fingerprint density at radius 1 is 1.20 bits per heavy atom. The molecule has 216 valence electrons. The number of aromatic amines is 1. The molecule has 3 N–H and O–H groups in total. The molecule has 0 amide bonds. The number of anilines is 1. The van der Waals surface area contributed by atoms with Crippen molar-refractivity contribution in [2.45, 2.75) is 71.0 Å². The maximum Gasteiger partial charge on any atom is 0.331 e. The van der Waals surface area contributed by atoms with Crippen molar-refractivity contribution in [1.29, 1.82) is 0 Å². The number of H-pyrrole nitrogens is 1. The van der Waals surface area contributed by atoms with Crippen LogP contribution in [-0.4, -0.2) is 47.9 Å². The van der Waals surface area contributed by atoms with Gasteiger partial charge >= 0.3 is 5.69 Å². The van der Waals surface area contributed by atoms with E-state index in [1.807, 2.05) is 13.8 Å². The van der Waals surface area contributed by atoms with Crippen LogP contribution in [0.15, 0.2) is 46.2 Å². The molecule has 1 aliphatic rings. The Morgan fingerprint density at radius 3 is 2.63 bits per heavy atom. The lowest BCUT2D eigenvalue weighted by atomic mass is 10.0. The van der Waals surface area contributed by atoms with Crippen LogP contribution < -0.4 is 21.3 Å². The molecule has 3 aromatic heterocycles. The van der Waals surface area contributed by atoms with Crippen LogP contribution in [0.3, 0.4) is 0 Å². The van der Waals surface area contributed by atoms with Crippen molar-refractivity contribution in [2.75, 3.05) is 11.9 Å². The predicted molar refractivity (Wildman–Crippen MR) is 151 cm³/mol. The Bertz CT molecular complexity index is 1700. The first-order chi connectivity index (χ1) is 19.7. The van der Waals surface area contributed by atoms with Gasteiger partial charge in [-0.15, -0.1) is 0 Å². The molecule has 1 aromatic carbocycles. The topological polar surface area (TPSA) is 144 Å². The zero-order valence-electron chi connectivity index (χ0n) is 23.2.